The molecule has 0 saturated heterocycles. The van der Waals surface area contributed by atoms with E-state index < -0.39 is 12.0 Å². The molecule has 6 heteroatoms. The van der Waals surface area contributed by atoms with Crippen molar-refractivity contribution in [1.29, 1.82) is 0 Å². The van der Waals surface area contributed by atoms with Crippen LogP contribution < -0.4 is 5.32 Å². The number of aliphatic carboxylic acids is 1. The molecule has 6 nitrogen and oxygen atoms in total. The smallest absolute Gasteiger partial charge is 0.305 e. The summed E-state index contributed by atoms with van der Waals surface area (Å²) in [5.41, 5.74) is 3.21. The number of hydrogen-bond donors (Lipinski definition) is 3. The van der Waals surface area contributed by atoms with E-state index in [9.17, 15) is 14.7 Å². The Labute approximate surface area is 153 Å². The lowest BCUT2D eigenvalue weighted by molar-refractivity contribution is -0.137. The lowest BCUT2D eigenvalue weighted by atomic mass is 9.86. The molecular formula is C20H25N3O3. The van der Waals surface area contributed by atoms with Crippen LogP contribution in [0.15, 0.2) is 30.3 Å². The second kappa shape index (κ2) is 6.94. The van der Waals surface area contributed by atoms with E-state index in [1.165, 1.54) is 0 Å². The normalized spacial score (nSPS) is 15.5. The summed E-state index contributed by atoms with van der Waals surface area (Å²) in [6, 6.07) is 8.89. The van der Waals surface area contributed by atoms with E-state index in [1.54, 1.807) is 6.07 Å². The van der Waals surface area contributed by atoms with E-state index in [1.807, 2.05) is 24.3 Å². The SMILES string of the molecule is CC(C)(C)c1ccc(C(CC(=O)O)NC(=O)c2cc(C3CC3)[nH]n2)cc1. The Morgan fingerprint density at radius 3 is 2.46 bits per heavy atom. The number of carboxylic acids is 1. The van der Waals surface area contributed by atoms with Crippen LogP contribution in [0.25, 0.3) is 0 Å². The molecule has 1 saturated carbocycles. The number of carbonyl (C=O) groups is 2. The molecular weight excluding hydrogens is 330 g/mol. The maximum atomic E-state index is 12.5. The highest BCUT2D eigenvalue weighted by Crippen LogP contribution is 2.39. The summed E-state index contributed by atoms with van der Waals surface area (Å²) in [5.74, 6) is -0.848. The highest BCUT2D eigenvalue weighted by atomic mass is 16.4. The highest BCUT2D eigenvalue weighted by molar-refractivity contribution is 5.93. The Balaban J connectivity index is 1.76. The number of nitrogens with zero attached hydrogens (tertiary/aromatic N) is 1. The van der Waals surface area contributed by atoms with Crippen LogP contribution in [0.2, 0.25) is 0 Å². The first-order chi connectivity index (χ1) is 12.2. The topological polar surface area (TPSA) is 95.1 Å². The number of benzene rings is 1. The van der Waals surface area contributed by atoms with E-state index in [2.05, 4.69) is 36.3 Å². The maximum absolute atomic E-state index is 12.5. The van der Waals surface area contributed by atoms with Gasteiger partial charge in [0.1, 0.15) is 5.69 Å². The van der Waals surface area contributed by atoms with Crippen LogP contribution in [0.3, 0.4) is 0 Å². The Bertz CT molecular complexity index is 798. The number of aromatic amines is 1. The van der Waals surface area contributed by atoms with E-state index in [-0.39, 0.29) is 17.7 Å². The zero-order valence-electron chi connectivity index (χ0n) is 15.4. The number of H-pyrrole nitrogens is 1. The van der Waals surface area contributed by atoms with Crippen LogP contribution in [0.4, 0.5) is 0 Å². The van der Waals surface area contributed by atoms with Gasteiger partial charge in [0.2, 0.25) is 0 Å². The minimum Gasteiger partial charge on any atom is -0.481 e. The van der Waals surface area contributed by atoms with E-state index in [4.69, 9.17) is 0 Å². The number of hydrogen-bond acceptors (Lipinski definition) is 3. The summed E-state index contributed by atoms with van der Waals surface area (Å²) in [5, 5.41) is 19.0. The largest absolute Gasteiger partial charge is 0.481 e. The highest BCUT2D eigenvalue weighted by Gasteiger charge is 2.27. The fourth-order valence-electron chi connectivity index (χ4n) is 2.93. The second-order valence-corrected chi connectivity index (χ2v) is 7.98. The molecule has 2 aromatic rings. The van der Waals surface area contributed by atoms with Gasteiger partial charge in [0.15, 0.2) is 0 Å². The van der Waals surface area contributed by atoms with Gasteiger partial charge in [-0.05, 0) is 35.4 Å². The van der Waals surface area contributed by atoms with Crippen LogP contribution in [0, 0.1) is 0 Å². The van der Waals surface area contributed by atoms with Crippen molar-refractivity contribution in [2.24, 2.45) is 0 Å². The van der Waals surface area contributed by atoms with Crippen molar-refractivity contribution < 1.29 is 14.7 Å². The van der Waals surface area contributed by atoms with Crippen LogP contribution in [0.1, 0.15) is 79.3 Å². The van der Waals surface area contributed by atoms with Crippen molar-refractivity contribution in [1.82, 2.24) is 15.5 Å². The van der Waals surface area contributed by atoms with Gasteiger partial charge < -0.3 is 10.4 Å². The molecule has 26 heavy (non-hydrogen) atoms. The molecule has 0 bridgehead atoms. The predicted octanol–water partition coefficient (Wildman–Crippen LogP) is 3.53. The summed E-state index contributed by atoms with van der Waals surface area (Å²) < 4.78 is 0. The quantitative estimate of drug-likeness (QED) is 0.739. The van der Waals surface area contributed by atoms with E-state index >= 15 is 0 Å². The molecule has 1 fully saturated rings. The molecule has 1 unspecified atom stereocenters. The standard InChI is InChI=1S/C20H25N3O3/c1-20(2,3)14-8-6-12(7-9-14)15(11-18(24)25)21-19(26)17-10-16(22-23-17)13-4-5-13/h6-10,13,15H,4-5,11H2,1-3H3,(H,21,26)(H,22,23)(H,24,25). The second-order valence-electron chi connectivity index (χ2n) is 7.98. The molecule has 1 aromatic carbocycles. The lowest BCUT2D eigenvalue weighted by Crippen LogP contribution is -2.30. The molecule has 1 atom stereocenters. The van der Waals surface area contributed by atoms with Crippen LogP contribution in [0.5, 0.6) is 0 Å². The van der Waals surface area contributed by atoms with Gasteiger partial charge in [-0.3, -0.25) is 14.7 Å². The monoisotopic (exact) mass is 355 g/mol. The molecule has 1 amide bonds. The molecule has 1 aliphatic rings. The van der Waals surface area contributed by atoms with Crippen molar-refractivity contribution in [3.05, 3.63) is 52.8 Å². The Morgan fingerprint density at radius 2 is 1.92 bits per heavy atom. The minimum absolute atomic E-state index is 0.0122. The zero-order chi connectivity index (χ0) is 18.9. The molecule has 138 valence electrons. The third-order valence-electron chi connectivity index (χ3n) is 4.71. The number of nitrogens with one attached hydrogen (secondary N) is 2. The number of rotatable bonds is 6. The first-order valence-corrected chi connectivity index (χ1v) is 8.92. The molecule has 1 heterocycles. The van der Waals surface area contributed by atoms with Gasteiger partial charge in [0.25, 0.3) is 5.91 Å². The van der Waals surface area contributed by atoms with Gasteiger partial charge in [-0.25, -0.2) is 0 Å². The molecule has 0 radical (unpaired) electrons. The predicted molar refractivity (Wildman–Crippen MR) is 98.2 cm³/mol. The molecule has 3 rings (SSSR count). The summed E-state index contributed by atoms with van der Waals surface area (Å²) in [4.78, 5) is 23.8. The Morgan fingerprint density at radius 1 is 1.27 bits per heavy atom. The van der Waals surface area contributed by atoms with Crippen LogP contribution >= 0.6 is 0 Å². The van der Waals surface area contributed by atoms with E-state index in [0.29, 0.717) is 11.6 Å². The first kappa shape index (κ1) is 18.2. The van der Waals surface area contributed by atoms with Crippen molar-refractivity contribution in [3.8, 4) is 0 Å². The number of carboxylic acid groups (broad SMARTS) is 1. The minimum atomic E-state index is -0.962. The van der Waals surface area contributed by atoms with Gasteiger partial charge in [0, 0.05) is 11.6 Å². The molecule has 1 aliphatic carbocycles. The van der Waals surface area contributed by atoms with E-state index in [0.717, 1.165) is 29.7 Å². The molecule has 3 N–H and O–H groups in total. The van der Waals surface area contributed by atoms with Gasteiger partial charge in [-0.1, -0.05) is 45.0 Å². The first-order valence-electron chi connectivity index (χ1n) is 8.92. The number of aromatic nitrogens is 2. The molecule has 1 aromatic heterocycles. The number of carbonyl (C=O) groups excluding carboxylic acids is 1. The third-order valence-corrected chi connectivity index (χ3v) is 4.71. The van der Waals surface area contributed by atoms with Gasteiger partial charge >= 0.3 is 5.97 Å². The zero-order valence-corrected chi connectivity index (χ0v) is 15.4. The fourth-order valence-corrected chi connectivity index (χ4v) is 2.93. The van der Waals surface area contributed by atoms with Crippen molar-refractivity contribution in [2.75, 3.05) is 0 Å². The fraction of sp³-hybridized carbons (Fsp3) is 0.450. The number of amides is 1. The lowest BCUT2D eigenvalue weighted by Gasteiger charge is -2.21. The summed E-state index contributed by atoms with van der Waals surface area (Å²) >= 11 is 0. The van der Waals surface area contributed by atoms with Gasteiger partial charge in [-0.2, -0.15) is 5.10 Å². The van der Waals surface area contributed by atoms with Crippen molar-refractivity contribution in [2.45, 2.75) is 57.4 Å². The average molecular weight is 355 g/mol. The van der Waals surface area contributed by atoms with Crippen LogP contribution in [-0.4, -0.2) is 27.2 Å². The van der Waals surface area contributed by atoms with Gasteiger partial charge in [0.05, 0.1) is 12.5 Å². The Hall–Kier alpha value is -2.63. The third kappa shape index (κ3) is 4.31. The summed E-state index contributed by atoms with van der Waals surface area (Å²) in [6.45, 7) is 6.36. The molecule has 0 aliphatic heterocycles. The average Bonchev–Trinajstić information content (AvgIpc) is 3.30. The molecule has 0 spiro atoms. The van der Waals surface area contributed by atoms with Crippen molar-refractivity contribution >= 4 is 11.9 Å². The summed E-state index contributed by atoms with van der Waals surface area (Å²) in [6.07, 6.45) is 2.05. The van der Waals surface area contributed by atoms with Gasteiger partial charge in [-0.15, -0.1) is 0 Å². The maximum Gasteiger partial charge on any atom is 0.305 e. The van der Waals surface area contributed by atoms with Crippen LogP contribution in [-0.2, 0) is 10.2 Å². The van der Waals surface area contributed by atoms with Crippen molar-refractivity contribution in [3.63, 3.8) is 0 Å². The summed E-state index contributed by atoms with van der Waals surface area (Å²) in [7, 11) is 0. The Kier molecular flexibility index (Phi) is 4.85.